The molecule has 0 fully saturated rings. The Hall–Kier alpha value is -3.96. The van der Waals surface area contributed by atoms with Crippen molar-refractivity contribution in [1.29, 1.82) is 0 Å². The number of hydrogen-bond acceptors (Lipinski definition) is 5. The molecule has 0 amide bonds. The van der Waals surface area contributed by atoms with Gasteiger partial charge in [0.25, 0.3) is 0 Å². The summed E-state index contributed by atoms with van der Waals surface area (Å²) in [4.78, 5) is 23.7. The van der Waals surface area contributed by atoms with Gasteiger partial charge in [0.2, 0.25) is 0 Å². The third-order valence-electron chi connectivity index (χ3n) is 7.08. The van der Waals surface area contributed by atoms with E-state index >= 15 is 0 Å². The first-order valence-corrected chi connectivity index (χ1v) is 14.3. The van der Waals surface area contributed by atoms with Crippen molar-refractivity contribution in [2.24, 2.45) is 0 Å². The summed E-state index contributed by atoms with van der Waals surface area (Å²) in [6.07, 6.45) is 7.20. The van der Waals surface area contributed by atoms with Crippen LogP contribution >= 0.6 is 0 Å². The highest BCUT2D eigenvalue weighted by atomic mass is 16.5. The van der Waals surface area contributed by atoms with E-state index < -0.39 is 12.6 Å². The molecule has 1 atom stereocenters. The van der Waals surface area contributed by atoms with Gasteiger partial charge < -0.3 is 14.6 Å². The molecule has 5 heteroatoms. The quantitative estimate of drug-likeness (QED) is 0.0795. The third-order valence-corrected chi connectivity index (χ3v) is 7.08. The van der Waals surface area contributed by atoms with Gasteiger partial charge in [-0.2, -0.15) is 0 Å². The van der Waals surface area contributed by atoms with Crippen molar-refractivity contribution >= 4 is 22.7 Å². The lowest BCUT2D eigenvalue weighted by Gasteiger charge is -2.19. The fourth-order valence-corrected chi connectivity index (χ4v) is 4.78. The molecule has 0 heterocycles. The number of esters is 2. The molecule has 0 spiro atoms. The highest BCUT2D eigenvalue weighted by Gasteiger charge is 2.15. The Morgan fingerprint density at radius 3 is 2.17 bits per heavy atom. The maximum absolute atomic E-state index is 11.9. The van der Waals surface area contributed by atoms with Gasteiger partial charge in [-0.1, -0.05) is 79.4 Å². The van der Waals surface area contributed by atoms with Crippen LogP contribution in [0, 0.1) is 0 Å². The largest absolute Gasteiger partial charge is 0.465 e. The molecule has 41 heavy (non-hydrogen) atoms. The molecule has 3 aromatic rings. The lowest BCUT2D eigenvalue weighted by Crippen LogP contribution is -2.12. The van der Waals surface area contributed by atoms with E-state index in [1.807, 2.05) is 13.0 Å². The Morgan fingerprint density at radius 2 is 1.51 bits per heavy atom. The topological polar surface area (TPSA) is 72.8 Å². The zero-order valence-electron chi connectivity index (χ0n) is 24.2. The highest BCUT2D eigenvalue weighted by Crippen LogP contribution is 2.31. The fourth-order valence-electron chi connectivity index (χ4n) is 4.78. The predicted octanol–water partition coefficient (Wildman–Crippen LogP) is 7.87. The van der Waals surface area contributed by atoms with Gasteiger partial charge in [0.1, 0.15) is 0 Å². The molecular formula is C36H42O5. The smallest absolute Gasteiger partial charge is 0.335 e. The standard InChI is InChI=1S/C36H42O5/c1-5-6-9-28-12-14-30(15-13-28)32-17-19-33-23-31(16-18-34(33)24-32)29(10-7-20-40-35(38)22-26(2)3)11-8-21-41-36(39)27(4)25-37/h5,12-19,23-24,29,37H,1-2,4,6-11,20-22,25H2,3H3. The first kappa shape index (κ1) is 31.6. The van der Waals surface area contributed by atoms with Crippen LogP contribution in [0.1, 0.15) is 62.5 Å². The van der Waals surface area contributed by atoms with E-state index in [1.165, 1.54) is 27.6 Å². The molecule has 0 aliphatic rings. The third kappa shape index (κ3) is 10.2. The summed E-state index contributed by atoms with van der Waals surface area (Å²) < 4.78 is 10.6. The number of fused-ring (bicyclic) bond motifs is 1. The predicted molar refractivity (Wildman–Crippen MR) is 167 cm³/mol. The van der Waals surface area contributed by atoms with Crippen LogP contribution in [0.4, 0.5) is 0 Å². The summed E-state index contributed by atoms with van der Waals surface area (Å²) in [5.74, 6) is -0.610. The molecule has 3 aromatic carbocycles. The minimum atomic E-state index is -0.568. The maximum Gasteiger partial charge on any atom is 0.335 e. The monoisotopic (exact) mass is 554 g/mol. The van der Waals surface area contributed by atoms with Crippen LogP contribution in [-0.4, -0.2) is 36.9 Å². The van der Waals surface area contributed by atoms with Crippen molar-refractivity contribution in [2.75, 3.05) is 19.8 Å². The van der Waals surface area contributed by atoms with Crippen LogP contribution in [0.15, 0.2) is 97.6 Å². The average Bonchev–Trinajstić information content (AvgIpc) is 2.98. The normalized spacial score (nSPS) is 11.6. The van der Waals surface area contributed by atoms with Crippen molar-refractivity contribution in [3.63, 3.8) is 0 Å². The maximum atomic E-state index is 11.9. The summed E-state index contributed by atoms with van der Waals surface area (Å²) in [6.45, 7) is 13.1. The molecule has 0 aliphatic carbocycles. The van der Waals surface area contributed by atoms with Crippen LogP contribution < -0.4 is 0 Å². The summed E-state index contributed by atoms with van der Waals surface area (Å²) in [7, 11) is 0. The molecule has 1 unspecified atom stereocenters. The summed E-state index contributed by atoms with van der Waals surface area (Å²) in [6, 6.07) is 21.8. The van der Waals surface area contributed by atoms with Gasteiger partial charge in [0, 0.05) is 0 Å². The van der Waals surface area contributed by atoms with E-state index in [-0.39, 0.29) is 30.5 Å². The lowest BCUT2D eigenvalue weighted by molar-refractivity contribution is -0.143. The lowest BCUT2D eigenvalue weighted by atomic mass is 9.88. The van der Waals surface area contributed by atoms with Crippen LogP contribution in [0.3, 0.4) is 0 Å². The van der Waals surface area contributed by atoms with Gasteiger partial charge in [0.15, 0.2) is 0 Å². The van der Waals surface area contributed by atoms with Crippen LogP contribution in [-0.2, 0) is 25.5 Å². The van der Waals surface area contributed by atoms with Crippen molar-refractivity contribution in [3.05, 3.63) is 109 Å². The zero-order valence-corrected chi connectivity index (χ0v) is 24.2. The Bertz CT molecular complexity index is 1350. The fraction of sp³-hybridized carbons (Fsp3) is 0.333. The first-order valence-electron chi connectivity index (χ1n) is 14.3. The molecule has 0 saturated carbocycles. The number of hydrogen-bond donors (Lipinski definition) is 1. The second-order valence-corrected chi connectivity index (χ2v) is 10.6. The molecular weight excluding hydrogens is 512 g/mol. The van der Waals surface area contributed by atoms with Crippen molar-refractivity contribution in [2.45, 2.75) is 57.8 Å². The number of carbonyl (C=O) groups excluding carboxylic acids is 2. The van der Waals surface area contributed by atoms with Gasteiger partial charge in [-0.25, -0.2) is 4.79 Å². The zero-order chi connectivity index (χ0) is 29.6. The number of carbonyl (C=O) groups is 2. The van der Waals surface area contributed by atoms with E-state index in [0.29, 0.717) is 13.0 Å². The number of aliphatic hydroxyl groups is 1. The average molecular weight is 555 g/mol. The van der Waals surface area contributed by atoms with Crippen LogP contribution in [0.5, 0.6) is 0 Å². The summed E-state index contributed by atoms with van der Waals surface area (Å²) in [5.41, 5.74) is 5.72. The number of aryl methyl sites for hydroxylation is 1. The number of rotatable bonds is 17. The van der Waals surface area contributed by atoms with E-state index in [9.17, 15) is 9.59 Å². The minimum absolute atomic E-state index is 0.0515. The summed E-state index contributed by atoms with van der Waals surface area (Å²) >= 11 is 0. The molecule has 5 nitrogen and oxygen atoms in total. The van der Waals surface area contributed by atoms with Crippen LogP contribution in [0.25, 0.3) is 21.9 Å². The second kappa shape index (κ2) is 16.3. The number of ether oxygens (including phenoxy) is 2. The summed E-state index contributed by atoms with van der Waals surface area (Å²) in [5, 5.41) is 11.4. The Labute approximate surface area is 244 Å². The SMILES string of the molecule is C=CCCc1ccc(-c2ccc3cc(C(CCCOC(=O)CC(=C)C)CCCOC(=O)C(=C)CO)ccc3c2)cc1. The first-order chi connectivity index (χ1) is 19.8. The molecule has 216 valence electrons. The Kier molecular flexibility index (Phi) is 12.6. The number of allylic oxidation sites excluding steroid dienone is 1. The van der Waals surface area contributed by atoms with E-state index in [1.54, 1.807) is 0 Å². The highest BCUT2D eigenvalue weighted by molar-refractivity contribution is 5.88. The van der Waals surface area contributed by atoms with Gasteiger partial charge in [-0.15, -0.1) is 6.58 Å². The molecule has 0 saturated heterocycles. The van der Waals surface area contributed by atoms with Crippen molar-refractivity contribution in [1.82, 2.24) is 0 Å². The number of aliphatic hydroxyl groups excluding tert-OH is 1. The molecule has 1 N–H and O–H groups in total. The van der Waals surface area contributed by atoms with E-state index in [0.717, 1.165) is 43.1 Å². The van der Waals surface area contributed by atoms with Crippen LogP contribution in [0.2, 0.25) is 0 Å². The van der Waals surface area contributed by atoms with Gasteiger partial charge in [0.05, 0.1) is 31.8 Å². The molecule has 0 aliphatic heterocycles. The second-order valence-electron chi connectivity index (χ2n) is 10.6. The minimum Gasteiger partial charge on any atom is -0.465 e. The van der Waals surface area contributed by atoms with E-state index in [2.05, 4.69) is 80.4 Å². The van der Waals surface area contributed by atoms with Crippen molar-refractivity contribution < 1.29 is 24.2 Å². The van der Waals surface area contributed by atoms with Gasteiger partial charge in [-0.3, -0.25) is 4.79 Å². The molecule has 0 bridgehead atoms. The van der Waals surface area contributed by atoms with Gasteiger partial charge in [-0.05, 0) is 90.5 Å². The van der Waals surface area contributed by atoms with E-state index in [4.69, 9.17) is 14.6 Å². The van der Waals surface area contributed by atoms with Crippen molar-refractivity contribution in [3.8, 4) is 11.1 Å². The Balaban J connectivity index is 1.70. The Morgan fingerprint density at radius 1 is 0.878 bits per heavy atom. The molecule has 0 aromatic heterocycles. The van der Waals surface area contributed by atoms with Gasteiger partial charge >= 0.3 is 11.9 Å². The molecule has 3 rings (SSSR count). The number of benzene rings is 3. The molecule has 0 radical (unpaired) electrons.